The molecule has 2 heteroatoms. The predicted octanol–water partition coefficient (Wildman–Crippen LogP) is 7.13. The third-order valence-electron chi connectivity index (χ3n) is 5.39. The summed E-state index contributed by atoms with van der Waals surface area (Å²) in [5.74, 6) is -0.306. The van der Waals surface area contributed by atoms with Crippen LogP contribution in [0.5, 0.6) is 0 Å². The van der Waals surface area contributed by atoms with Gasteiger partial charge in [0.2, 0.25) is 5.91 Å². The number of unbranched alkanes of at least 4 members (excludes halogenated alkanes) is 13. The van der Waals surface area contributed by atoms with Gasteiger partial charge in [0.15, 0.2) is 0 Å². The zero-order valence-electron chi connectivity index (χ0n) is 17.1. The summed E-state index contributed by atoms with van der Waals surface area (Å²) in [6.45, 7) is 2.28. The van der Waals surface area contributed by atoms with Gasteiger partial charge < -0.3 is 5.73 Å². The van der Waals surface area contributed by atoms with Crippen molar-refractivity contribution in [1.29, 1.82) is 0 Å². The molecule has 0 fully saturated rings. The highest BCUT2D eigenvalue weighted by atomic mass is 16.1. The van der Waals surface area contributed by atoms with Crippen LogP contribution in [0.15, 0.2) is 30.3 Å². The Morgan fingerprint density at radius 2 is 1.15 bits per heavy atom. The van der Waals surface area contributed by atoms with E-state index in [-0.39, 0.29) is 11.8 Å². The Balaban J connectivity index is 1.93. The molecule has 0 radical (unpaired) electrons. The third-order valence-corrected chi connectivity index (χ3v) is 5.39. The molecule has 0 spiro atoms. The molecule has 1 aromatic carbocycles. The number of primary amides is 1. The van der Waals surface area contributed by atoms with E-state index in [2.05, 4.69) is 6.92 Å². The molecule has 0 heterocycles. The van der Waals surface area contributed by atoms with Crippen LogP contribution in [0.4, 0.5) is 0 Å². The Kier molecular flexibility index (Phi) is 13.9. The smallest absolute Gasteiger partial charge is 0.224 e. The second kappa shape index (κ2) is 15.9. The number of amides is 1. The van der Waals surface area contributed by atoms with Crippen molar-refractivity contribution in [3.8, 4) is 0 Å². The molecular formula is C24H41NO. The minimum absolute atomic E-state index is 0.117. The van der Waals surface area contributed by atoms with E-state index in [9.17, 15) is 4.79 Å². The molecule has 1 atom stereocenters. The second-order valence-corrected chi connectivity index (χ2v) is 7.75. The summed E-state index contributed by atoms with van der Waals surface area (Å²) < 4.78 is 0. The summed E-state index contributed by atoms with van der Waals surface area (Å²) in [6.07, 6.45) is 19.9. The predicted molar refractivity (Wildman–Crippen MR) is 113 cm³/mol. The Morgan fingerprint density at radius 3 is 1.58 bits per heavy atom. The monoisotopic (exact) mass is 359 g/mol. The number of hydrogen-bond donors (Lipinski definition) is 1. The van der Waals surface area contributed by atoms with Crippen molar-refractivity contribution >= 4 is 5.91 Å². The van der Waals surface area contributed by atoms with Gasteiger partial charge in [0.05, 0.1) is 5.92 Å². The SMILES string of the molecule is CCCCCCCCCCCCCCCCC(C(N)=O)c1ccccc1. The molecule has 1 amide bonds. The third kappa shape index (κ3) is 11.3. The van der Waals surface area contributed by atoms with E-state index in [4.69, 9.17) is 5.73 Å². The lowest BCUT2D eigenvalue weighted by Crippen LogP contribution is -2.21. The molecule has 0 aliphatic heterocycles. The number of benzene rings is 1. The van der Waals surface area contributed by atoms with Crippen LogP contribution < -0.4 is 5.73 Å². The van der Waals surface area contributed by atoms with Gasteiger partial charge in [0.25, 0.3) is 0 Å². The summed E-state index contributed by atoms with van der Waals surface area (Å²) in [4.78, 5) is 11.7. The molecule has 2 nitrogen and oxygen atoms in total. The zero-order valence-corrected chi connectivity index (χ0v) is 17.1. The van der Waals surface area contributed by atoms with Crippen molar-refractivity contribution in [3.63, 3.8) is 0 Å². The van der Waals surface area contributed by atoms with Crippen LogP contribution in [-0.4, -0.2) is 5.91 Å². The number of rotatable bonds is 17. The van der Waals surface area contributed by atoms with Crippen molar-refractivity contribution in [3.05, 3.63) is 35.9 Å². The van der Waals surface area contributed by atoms with Crippen molar-refractivity contribution in [1.82, 2.24) is 0 Å². The first-order valence-corrected chi connectivity index (χ1v) is 11.1. The summed E-state index contributed by atoms with van der Waals surface area (Å²) in [5.41, 5.74) is 6.65. The van der Waals surface area contributed by atoms with E-state index in [1.165, 1.54) is 83.5 Å². The van der Waals surface area contributed by atoms with E-state index >= 15 is 0 Å². The van der Waals surface area contributed by atoms with Crippen LogP contribution in [0.2, 0.25) is 0 Å². The standard InChI is InChI=1S/C24H41NO/c1-2-3-4-5-6-7-8-9-10-11-12-13-14-18-21-23(24(25)26)22-19-16-15-17-20-22/h15-17,19-20,23H,2-14,18,21H2,1H3,(H2,25,26). The molecule has 148 valence electrons. The zero-order chi connectivity index (χ0) is 18.9. The maximum absolute atomic E-state index is 11.7. The van der Waals surface area contributed by atoms with Gasteiger partial charge in [0.1, 0.15) is 0 Å². The summed E-state index contributed by atoms with van der Waals surface area (Å²) >= 11 is 0. The average molecular weight is 360 g/mol. The number of hydrogen-bond acceptors (Lipinski definition) is 1. The van der Waals surface area contributed by atoms with E-state index in [0.717, 1.165) is 18.4 Å². The molecule has 2 N–H and O–H groups in total. The maximum atomic E-state index is 11.7. The molecule has 0 saturated carbocycles. The Morgan fingerprint density at radius 1 is 0.731 bits per heavy atom. The average Bonchev–Trinajstić information content (AvgIpc) is 2.65. The van der Waals surface area contributed by atoms with Crippen LogP contribution in [0.25, 0.3) is 0 Å². The summed E-state index contributed by atoms with van der Waals surface area (Å²) in [7, 11) is 0. The van der Waals surface area contributed by atoms with Gasteiger partial charge in [-0.25, -0.2) is 0 Å². The van der Waals surface area contributed by atoms with Gasteiger partial charge in [0, 0.05) is 0 Å². The fourth-order valence-corrected chi connectivity index (χ4v) is 3.70. The number of nitrogens with two attached hydrogens (primary N) is 1. The van der Waals surface area contributed by atoms with Gasteiger partial charge in [-0.15, -0.1) is 0 Å². The first-order valence-electron chi connectivity index (χ1n) is 11.1. The van der Waals surface area contributed by atoms with Gasteiger partial charge >= 0.3 is 0 Å². The Labute approximate surface area is 162 Å². The lowest BCUT2D eigenvalue weighted by atomic mass is 9.92. The van der Waals surface area contributed by atoms with Gasteiger partial charge in [-0.2, -0.15) is 0 Å². The highest BCUT2D eigenvalue weighted by Gasteiger charge is 2.16. The molecule has 0 saturated heterocycles. The molecule has 0 aliphatic carbocycles. The topological polar surface area (TPSA) is 43.1 Å². The molecule has 1 unspecified atom stereocenters. The quantitative estimate of drug-likeness (QED) is 0.295. The highest BCUT2D eigenvalue weighted by molar-refractivity contribution is 5.81. The first kappa shape index (κ1) is 22.7. The van der Waals surface area contributed by atoms with Gasteiger partial charge in [-0.1, -0.05) is 127 Å². The first-order chi connectivity index (χ1) is 12.8. The van der Waals surface area contributed by atoms with Crippen LogP contribution in [-0.2, 0) is 4.79 Å². The van der Waals surface area contributed by atoms with Gasteiger partial charge in [-0.05, 0) is 12.0 Å². The van der Waals surface area contributed by atoms with E-state index in [1.54, 1.807) is 0 Å². The van der Waals surface area contributed by atoms with Crippen molar-refractivity contribution in [2.75, 3.05) is 0 Å². The molecule has 0 aliphatic rings. The minimum Gasteiger partial charge on any atom is -0.369 e. The minimum atomic E-state index is -0.189. The Hall–Kier alpha value is -1.31. The fourth-order valence-electron chi connectivity index (χ4n) is 3.70. The van der Waals surface area contributed by atoms with Crippen molar-refractivity contribution in [2.24, 2.45) is 5.73 Å². The van der Waals surface area contributed by atoms with E-state index in [0.29, 0.717) is 0 Å². The molecule has 1 aromatic rings. The largest absolute Gasteiger partial charge is 0.369 e. The maximum Gasteiger partial charge on any atom is 0.224 e. The lowest BCUT2D eigenvalue weighted by Gasteiger charge is -2.13. The van der Waals surface area contributed by atoms with Crippen LogP contribution in [0.1, 0.15) is 115 Å². The van der Waals surface area contributed by atoms with E-state index in [1.807, 2.05) is 30.3 Å². The fraction of sp³-hybridized carbons (Fsp3) is 0.708. The normalized spacial score (nSPS) is 12.2. The molecule has 0 aromatic heterocycles. The van der Waals surface area contributed by atoms with Crippen molar-refractivity contribution < 1.29 is 4.79 Å². The highest BCUT2D eigenvalue weighted by Crippen LogP contribution is 2.22. The van der Waals surface area contributed by atoms with Crippen LogP contribution in [0, 0.1) is 0 Å². The van der Waals surface area contributed by atoms with E-state index < -0.39 is 0 Å². The molecular weight excluding hydrogens is 318 g/mol. The summed E-state index contributed by atoms with van der Waals surface area (Å²) in [5, 5.41) is 0. The summed E-state index contributed by atoms with van der Waals surface area (Å²) in [6, 6.07) is 9.97. The van der Waals surface area contributed by atoms with Gasteiger partial charge in [-0.3, -0.25) is 4.79 Å². The lowest BCUT2D eigenvalue weighted by molar-refractivity contribution is -0.119. The Bertz CT molecular complexity index is 443. The van der Waals surface area contributed by atoms with Crippen LogP contribution in [0.3, 0.4) is 0 Å². The number of carbonyl (C=O) groups excluding carboxylic acids is 1. The molecule has 1 rings (SSSR count). The number of carbonyl (C=O) groups is 1. The van der Waals surface area contributed by atoms with Crippen LogP contribution >= 0.6 is 0 Å². The molecule has 0 bridgehead atoms. The second-order valence-electron chi connectivity index (χ2n) is 7.75. The molecule has 26 heavy (non-hydrogen) atoms. The van der Waals surface area contributed by atoms with Crippen molar-refractivity contribution in [2.45, 2.75) is 109 Å².